The van der Waals surface area contributed by atoms with Crippen LogP contribution in [0.4, 0.5) is 0 Å². The van der Waals surface area contributed by atoms with Crippen LogP contribution >= 0.6 is 15.9 Å². The highest BCUT2D eigenvalue weighted by Crippen LogP contribution is 2.20. The Morgan fingerprint density at radius 2 is 1.81 bits per heavy atom. The monoisotopic (exact) mass is 423 g/mol. The van der Waals surface area contributed by atoms with Gasteiger partial charge in [0, 0.05) is 35.6 Å². The molecule has 1 saturated heterocycles. The number of hydrogen-bond donors (Lipinski definition) is 2. The molecular formula is C19H26BrN3O3. The SMILES string of the molecule is CCCNC(=O)C(C)NC(=O)C1CCN(C(=O)c2ccc(Br)cc2)CC1. The summed E-state index contributed by atoms with van der Waals surface area (Å²) in [5.74, 6) is -0.447. The van der Waals surface area contributed by atoms with Crippen molar-refractivity contribution in [2.75, 3.05) is 19.6 Å². The van der Waals surface area contributed by atoms with Crippen LogP contribution in [-0.4, -0.2) is 48.3 Å². The lowest BCUT2D eigenvalue weighted by Crippen LogP contribution is -2.49. The predicted molar refractivity (Wildman–Crippen MR) is 104 cm³/mol. The second-order valence-corrected chi connectivity index (χ2v) is 7.51. The average Bonchev–Trinajstić information content (AvgIpc) is 2.66. The van der Waals surface area contributed by atoms with Crippen molar-refractivity contribution in [1.82, 2.24) is 15.5 Å². The van der Waals surface area contributed by atoms with Crippen molar-refractivity contribution in [3.05, 3.63) is 34.3 Å². The average molecular weight is 424 g/mol. The zero-order chi connectivity index (χ0) is 19.1. The Bertz CT molecular complexity index is 640. The van der Waals surface area contributed by atoms with Crippen molar-refractivity contribution in [2.45, 2.75) is 39.2 Å². The Kier molecular flexibility index (Phi) is 7.63. The number of nitrogens with zero attached hydrogens (tertiary/aromatic N) is 1. The fraction of sp³-hybridized carbons (Fsp3) is 0.526. The van der Waals surface area contributed by atoms with Gasteiger partial charge in [-0.3, -0.25) is 14.4 Å². The fourth-order valence-electron chi connectivity index (χ4n) is 2.92. The Morgan fingerprint density at radius 3 is 2.38 bits per heavy atom. The molecule has 142 valence electrons. The zero-order valence-electron chi connectivity index (χ0n) is 15.3. The number of nitrogens with one attached hydrogen (secondary N) is 2. The molecule has 1 fully saturated rings. The molecule has 0 spiro atoms. The lowest BCUT2D eigenvalue weighted by Gasteiger charge is -2.32. The van der Waals surface area contributed by atoms with E-state index in [-0.39, 0.29) is 23.6 Å². The van der Waals surface area contributed by atoms with Gasteiger partial charge in [0.15, 0.2) is 0 Å². The summed E-state index contributed by atoms with van der Waals surface area (Å²) < 4.78 is 0.932. The van der Waals surface area contributed by atoms with E-state index in [9.17, 15) is 14.4 Å². The molecule has 1 atom stereocenters. The van der Waals surface area contributed by atoms with E-state index in [2.05, 4.69) is 26.6 Å². The highest BCUT2D eigenvalue weighted by atomic mass is 79.9. The molecule has 3 amide bonds. The normalized spacial score (nSPS) is 16.0. The summed E-state index contributed by atoms with van der Waals surface area (Å²) >= 11 is 3.36. The molecule has 1 aromatic carbocycles. The quantitative estimate of drug-likeness (QED) is 0.736. The third-order valence-electron chi connectivity index (χ3n) is 4.55. The molecule has 26 heavy (non-hydrogen) atoms. The molecule has 1 heterocycles. The lowest BCUT2D eigenvalue weighted by molar-refractivity contribution is -0.131. The molecule has 0 aliphatic carbocycles. The van der Waals surface area contributed by atoms with Crippen molar-refractivity contribution >= 4 is 33.7 Å². The second kappa shape index (κ2) is 9.71. The molecule has 2 N–H and O–H groups in total. The Hall–Kier alpha value is -1.89. The van der Waals surface area contributed by atoms with E-state index in [1.807, 2.05) is 19.1 Å². The van der Waals surface area contributed by atoms with Crippen LogP contribution in [-0.2, 0) is 9.59 Å². The van der Waals surface area contributed by atoms with E-state index >= 15 is 0 Å². The van der Waals surface area contributed by atoms with Crippen LogP contribution in [0.15, 0.2) is 28.7 Å². The molecule has 0 saturated carbocycles. The van der Waals surface area contributed by atoms with Gasteiger partial charge < -0.3 is 15.5 Å². The van der Waals surface area contributed by atoms with Gasteiger partial charge in [0.05, 0.1) is 0 Å². The van der Waals surface area contributed by atoms with Gasteiger partial charge in [-0.05, 0) is 50.5 Å². The molecule has 1 unspecified atom stereocenters. The number of piperidine rings is 1. The van der Waals surface area contributed by atoms with Gasteiger partial charge in [-0.15, -0.1) is 0 Å². The first kappa shape index (κ1) is 20.4. The Balaban J connectivity index is 1.81. The van der Waals surface area contributed by atoms with E-state index in [0.29, 0.717) is 38.0 Å². The maximum absolute atomic E-state index is 12.5. The summed E-state index contributed by atoms with van der Waals surface area (Å²) in [6.45, 7) is 5.37. The summed E-state index contributed by atoms with van der Waals surface area (Å²) in [6, 6.07) is 6.73. The number of amides is 3. The van der Waals surface area contributed by atoms with Gasteiger partial charge in [0.1, 0.15) is 6.04 Å². The Morgan fingerprint density at radius 1 is 1.19 bits per heavy atom. The van der Waals surface area contributed by atoms with Crippen molar-refractivity contribution < 1.29 is 14.4 Å². The number of rotatable bonds is 6. The standard InChI is InChI=1S/C19H26BrN3O3/c1-3-10-21-17(24)13(2)22-18(25)14-8-11-23(12-9-14)19(26)15-4-6-16(20)7-5-15/h4-7,13-14H,3,8-12H2,1-2H3,(H,21,24)(H,22,25). The zero-order valence-corrected chi connectivity index (χ0v) is 16.8. The second-order valence-electron chi connectivity index (χ2n) is 6.59. The van der Waals surface area contributed by atoms with Gasteiger partial charge >= 0.3 is 0 Å². The van der Waals surface area contributed by atoms with Gasteiger partial charge in [-0.1, -0.05) is 22.9 Å². The molecule has 0 radical (unpaired) electrons. The number of benzene rings is 1. The number of likely N-dealkylation sites (tertiary alicyclic amines) is 1. The minimum Gasteiger partial charge on any atom is -0.354 e. The maximum atomic E-state index is 12.5. The third-order valence-corrected chi connectivity index (χ3v) is 5.07. The van der Waals surface area contributed by atoms with Gasteiger partial charge in [-0.25, -0.2) is 0 Å². The summed E-state index contributed by atoms with van der Waals surface area (Å²) in [7, 11) is 0. The summed E-state index contributed by atoms with van der Waals surface area (Å²) in [4.78, 5) is 38.5. The highest BCUT2D eigenvalue weighted by molar-refractivity contribution is 9.10. The molecule has 0 aromatic heterocycles. The molecule has 1 aliphatic rings. The molecule has 0 bridgehead atoms. The fourth-order valence-corrected chi connectivity index (χ4v) is 3.18. The van der Waals surface area contributed by atoms with Crippen LogP contribution in [0.3, 0.4) is 0 Å². The van der Waals surface area contributed by atoms with Crippen LogP contribution in [0.1, 0.15) is 43.5 Å². The topological polar surface area (TPSA) is 78.5 Å². The first-order chi connectivity index (χ1) is 12.4. The first-order valence-electron chi connectivity index (χ1n) is 9.05. The predicted octanol–water partition coefficient (Wildman–Crippen LogP) is 2.33. The summed E-state index contributed by atoms with van der Waals surface area (Å²) in [5, 5.41) is 5.56. The number of halogens is 1. The highest BCUT2D eigenvalue weighted by Gasteiger charge is 2.29. The van der Waals surface area contributed by atoms with Crippen molar-refractivity contribution in [2.24, 2.45) is 5.92 Å². The molecule has 7 heteroatoms. The van der Waals surface area contributed by atoms with E-state index in [4.69, 9.17) is 0 Å². The molecule has 6 nitrogen and oxygen atoms in total. The third kappa shape index (κ3) is 5.56. The van der Waals surface area contributed by atoms with Crippen LogP contribution in [0.5, 0.6) is 0 Å². The van der Waals surface area contributed by atoms with Crippen LogP contribution in [0, 0.1) is 5.92 Å². The van der Waals surface area contributed by atoms with Crippen molar-refractivity contribution in [1.29, 1.82) is 0 Å². The smallest absolute Gasteiger partial charge is 0.253 e. The van der Waals surface area contributed by atoms with Crippen molar-refractivity contribution in [3.63, 3.8) is 0 Å². The van der Waals surface area contributed by atoms with Crippen LogP contribution in [0.2, 0.25) is 0 Å². The number of hydrogen-bond acceptors (Lipinski definition) is 3. The number of carbonyl (C=O) groups is 3. The minimum atomic E-state index is -0.545. The van der Waals surface area contributed by atoms with Gasteiger partial charge in [-0.2, -0.15) is 0 Å². The largest absolute Gasteiger partial charge is 0.354 e. The molecular weight excluding hydrogens is 398 g/mol. The molecule has 1 aromatic rings. The summed E-state index contributed by atoms with van der Waals surface area (Å²) in [5.41, 5.74) is 0.650. The number of carbonyl (C=O) groups excluding carboxylic acids is 3. The van der Waals surface area contributed by atoms with E-state index in [0.717, 1.165) is 10.9 Å². The Labute approximate surface area is 162 Å². The first-order valence-corrected chi connectivity index (χ1v) is 9.84. The minimum absolute atomic E-state index is 0.0105. The molecule has 1 aliphatic heterocycles. The maximum Gasteiger partial charge on any atom is 0.253 e. The van der Waals surface area contributed by atoms with Crippen LogP contribution in [0.25, 0.3) is 0 Å². The van der Waals surface area contributed by atoms with Gasteiger partial charge in [0.2, 0.25) is 11.8 Å². The summed E-state index contributed by atoms with van der Waals surface area (Å²) in [6.07, 6.45) is 2.08. The van der Waals surface area contributed by atoms with E-state index in [1.165, 1.54) is 0 Å². The molecule has 2 rings (SSSR count). The van der Waals surface area contributed by atoms with E-state index in [1.54, 1.807) is 24.0 Å². The van der Waals surface area contributed by atoms with Gasteiger partial charge in [0.25, 0.3) is 5.91 Å². The van der Waals surface area contributed by atoms with E-state index < -0.39 is 6.04 Å². The lowest BCUT2D eigenvalue weighted by atomic mass is 9.95. The van der Waals surface area contributed by atoms with Crippen molar-refractivity contribution in [3.8, 4) is 0 Å². The van der Waals surface area contributed by atoms with Crippen LogP contribution < -0.4 is 10.6 Å².